The molecule has 0 bridgehead atoms. The second-order valence-electron chi connectivity index (χ2n) is 6.31. The average molecular weight is 313 g/mol. The Labute approximate surface area is 130 Å². The Morgan fingerprint density at radius 1 is 1.41 bits per heavy atom. The van der Waals surface area contributed by atoms with Crippen molar-refractivity contribution in [2.75, 3.05) is 19.6 Å². The smallest absolute Gasteiger partial charge is 0.319 e. The molecule has 0 spiro atoms. The molecule has 0 aliphatic carbocycles. The Bertz CT molecular complexity index is 513. The first-order valence-electron chi connectivity index (χ1n) is 7.88. The fourth-order valence-corrected chi connectivity index (χ4v) is 3.05. The van der Waals surface area contributed by atoms with Gasteiger partial charge in [0.05, 0.1) is 0 Å². The van der Waals surface area contributed by atoms with Gasteiger partial charge in [0.1, 0.15) is 5.69 Å². The number of nitrogens with zero attached hydrogens (tertiary/aromatic N) is 2. The summed E-state index contributed by atoms with van der Waals surface area (Å²) in [5, 5.41) is 2.82. The lowest BCUT2D eigenvalue weighted by Crippen LogP contribution is -2.44. The predicted octanol–water partition coefficient (Wildman–Crippen LogP) is 3.04. The molecule has 0 saturated carbocycles. The van der Waals surface area contributed by atoms with Crippen LogP contribution in [0.3, 0.4) is 0 Å². The van der Waals surface area contributed by atoms with E-state index in [1.54, 1.807) is 13.0 Å². The lowest BCUT2D eigenvalue weighted by atomic mass is 9.97. The van der Waals surface area contributed by atoms with Gasteiger partial charge < -0.3 is 10.2 Å². The molecule has 1 aliphatic heterocycles. The molecule has 1 N–H and O–H groups in total. The average Bonchev–Trinajstić information content (AvgIpc) is 2.87. The van der Waals surface area contributed by atoms with Crippen molar-refractivity contribution in [2.45, 2.75) is 46.2 Å². The maximum atomic E-state index is 13.0. The van der Waals surface area contributed by atoms with E-state index in [9.17, 15) is 13.6 Å². The summed E-state index contributed by atoms with van der Waals surface area (Å²) in [5.41, 5.74) is 0.424. The van der Waals surface area contributed by atoms with Crippen molar-refractivity contribution >= 4 is 5.91 Å². The van der Waals surface area contributed by atoms with Gasteiger partial charge >= 0.3 is 6.55 Å². The number of nitrogens with one attached hydrogen (secondary N) is 1. The summed E-state index contributed by atoms with van der Waals surface area (Å²) in [5.74, 6) is -0.0359. The van der Waals surface area contributed by atoms with E-state index in [1.165, 1.54) is 6.07 Å². The zero-order chi connectivity index (χ0) is 16.3. The van der Waals surface area contributed by atoms with Crippen LogP contribution < -0.4 is 5.32 Å². The molecule has 0 radical (unpaired) electrons. The number of likely N-dealkylation sites (tertiary alicyclic amines) is 1. The predicted molar refractivity (Wildman–Crippen MR) is 82.2 cm³/mol. The maximum absolute atomic E-state index is 13.0. The zero-order valence-electron chi connectivity index (χ0n) is 13.5. The molecule has 4 nitrogen and oxygen atoms in total. The van der Waals surface area contributed by atoms with Gasteiger partial charge in [-0.1, -0.05) is 0 Å². The third-order valence-electron chi connectivity index (χ3n) is 4.38. The molecule has 0 unspecified atom stereocenters. The minimum absolute atomic E-state index is 0.0315. The van der Waals surface area contributed by atoms with Crippen molar-refractivity contribution in [3.05, 3.63) is 23.5 Å². The van der Waals surface area contributed by atoms with Gasteiger partial charge in [0.2, 0.25) is 0 Å². The van der Waals surface area contributed by atoms with Gasteiger partial charge in [-0.05, 0) is 58.2 Å². The summed E-state index contributed by atoms with van der Waals surface area (Å²) in [6.07, 6.45) is 2.18. The molecule has 1 aromatic heterocycles. The van der Waals surface area contributed by atoms with Crippen molar-refractivity contribution < 1.29 is 13.6 Å². The number of aryl methyl sites for hydroxylation is 1. The van der Waals surface area contributed by atoms with Crippen LogP contribution in [0.2, 0.25) is 0 Å². The SMILES string of the molecule is Cc1ccc(C(=O)NC[C@@H]2CCCN(C(C)C)C2)n1C(F)F. The third-order valence-corrected chi connectivity index (χ3v) is 4.38. The molecule has 1 saturated heterocycles. The second kappa shape index (κ2) is 7.22. The van der Waals surface area contributed by atoms with Crippen molar-refractivity contribution in [1.82, 2.24) is 14.8 Å². The normalized spacial score (nSPS) is 19.9. The fourth-order valence-electron chi connectivity index (χ4n) is 3.05. The summed E-state index contributed by atoms with van der Waals surface area (Å²) in [4.78, 5) is 14.6. The third kappa shape index (κ3) is 3.85. The van der Waals surface area contributed by atoms with Gasteiger partial charge in [0.25, 0.3) is 5.91 Å². The molecule has 1 atom stereocenters. The summed E-state index contributed by atoms with van der Waals surface area (Å²) >= 11 is 0. The van der Waals surface area contributed by atoms with Gasteiger partial charge in [0, 0.05) is 24.8 Å². The van der Waals surface area contributed by atoms with Crippen molar-refractivity contribution in [2.24, 2.45) is 5.92 Å². The van der Waals surface area contributed by atoms with Crippen molar-refractivity contribution in [1.29, 1.82) is 0 Å². The second-order valence-corrected chi connectivity index (χ2v) is 6.31. The highest BCUT2D eigenvalue weighted by Crippen LogP contribution is 2.20. The van der Waals surface area contributed by atoms with Gasteiger partial charge in [-0.15, -0.1) is 0 Å². The molecule has 6 heteroatoms. The quantitative estimate of drug-likeness (QED) is 0.907. The summed E-state index contributed by atoms with van der Waals surface area (Å²) in [6.45, 7) is 5.79. The molecule has 1 fully saturated rings. The lowest BCUT2D eigenvalue weighted by molar-refractivity contribution is 0.0613. The highest BCUT2D eigenvalue weighted by Gasteiger charge is 2.23. The monoisotopic (exact) mass is 313 g/mol. The van der Waals surface area contributed by atoms with Crippen LogP contribution in [0.1, 0.15) is 49.4 Å². The number of aromatic nitrogens is 1. The van der Waals surface area contributed by atoms with E-state index in [2.05, 4.69) is 24.1 Å². The number of alkyl halides is 2. The van der Waals surface area contributed by atoms with E-state index < -0.39 is 12.5 Å². The van der Waals surface area contributed by atoms with E-state index in [4.69, 9.17) is 0 Å². The minimum atomic E-state index is -2.69. The van der Waals surface area contributed by atoms with E-state index in [1.807, 2.05) is 0 Å². The highest BCUT2D eigenvalue weighted by molar-refractivity contribution is 5.92. The van der Waals surface area contributed by atoms with E-state index in [0.717, 1.165) is 30.5 Å². The first kappa shape index (κ1) is 16.9. The fraction of sp³-hybridized carbons (Fsp3) is 0.688. The minimum Gasteiger partial charge on any atom is -0.350 e. The molecule has 2 rings (SSSR count). The first-order chi connectivity index (χ1) is 10.4. The molecule has 1 aliphatic rings. The van der Waals surface area contributed by atoms with Crippen LogP contribution in [-0.4, -0.2) is 41.1 Å². The summed E-state index contributed by atoms with van der Waals surface area (Å²) in [7, 11) is 0. The van der Waals surface area contributed by atoms with Gasteiger partial charge in [-0.2, -0.15) is 8.78 Å². The van der Waals surface area contributed by atoms with Crippen LogP contribution >= 0.6 is 0 Å². The van der Waals surface area contributed by atoms with Crippen LogP contribution in [0, 0.1) is 12.8 Å². The Hall–Kier alpha value is -1.43. The highest BCUT2D eigenvalue weighted by atomic mass is 19.3. The van der Waals surface area contributed by atoms with E-state index in [0.29, 0.717) is 24.2 Å². The van der Waals surface area contributed by atoms with Crippen LogP contribution in [0.4, 0.5) is 8.78 Å². The number of rotatable bonds is 5. The molecule has 1 aromatic rings. The Morgan fingerprint density at radius 3 is 2.77 bits per heavy atom. The van der Waals surface area contributed by atoms with E-state index in [-0.39, 0.29) is 5.69 Å². The largest absolute Gasteiger partial charge is 0.350 e. The number of hydrogen-bond acceptors (Lipinski definition) is 2. The molecular formula is C16H25F2N3O. The Morgan fingerprint density at radius 2 is 2.14 bits per heavy atom. The first-order valence-corrected chi connectivity index (χ1v) is 7.88. The lowest BCUT2D eigenvalue weighted by Gasteiger charge is -2.35. The zero-order valence-corrected chi connectivity index (χ0v) is 13.5. The summed E-state index contributed by atoms with van der Waals surface area (Å²) in [6, 6.07) is 3.50. The van der Waals surface area contributed by atoms with Crippen LogP contribution in [0.5, 0.6) is 0 Å². The number of carbonyl (C=O) groups excluding carboxylic acids is 1. The topological polar surface area (TPSA) is 37.3 Å². The number of halogens is 2. The molecule has 0 aromatic carbocycles. The molecule has 2 heterocycles. The number of amides is 1. The standard InChI is InChI=1S/C16H25F2N3O/c1-11(2)20-8-4-5-13(10-20)9-19-15(22)14-7-6-12(3)21(14)16(17)18/h6-7,11,13,16H,4-5,8-10H2,1-3H3,(H,19,22)/t13-/m0/s1. The molecule has 22 heavy (non-hydrogen) atoms. The molecule has 1 amide bonds. The van der Waals surface area contributed by atoms with Crippen LogP contribution in [-0.2, 0) is 0 Å². The van der Waals surface area contributed by atoms with Gasteiger partial charge in [0.15, 0.2) is 0 Å². The van der Waals surface area contributed by atoms with E-state index >= 15 is 0 Å². The summed E-state index contributed by atoms with van der Waals surface area (Å²) < 4.78 is 26.8. The van der Waals surface area contributed by atoms with Gasteiger partial charge in [-0.3, -0.25) is 9.36 Å². The Balaban J connectivity index is 1.93. The number of hydrogen-bond donors (Lipinski definition) is 1. The van der Waals surface area contributed by atoms with Crippen molar-refractivity contribution in [3.8, 4) is 0 Å². The Kier molecular flexibility index (Phi) is 5.56. The van der Waals surface area contributed by atoms with Crippen molar-refractivity contribution in [3.63, 3.8) is 0 Å². The van der Waals surface area contributed by atoms with Crippen LogP contribution in [0.15, 0.2) is 12.1 Å². The maximum Gasteiger partial charge on any atom is 0.319 e. The van der Waals surface area contributed by atoms with Crippen LogP contribution in [0.25, 0.3) is 0 Å². The number of piperidine rings is 1. The number of carbonyl (C=O) groups is 1. The van der Waals surface area contributed by atoms with Gasteiger partial charge in [-0.25, -0.2) is 0 Å². The molecular weight excluding hydrogens is 288 g/mol. The molecule has 124 valence electrons.